The van der Waals surface area contributed by atoms with E-state index in [-0.39, 0.29) is 17.3 Å². The molecule has 3 rings (SSSR count). The monoisotopic (exact) mass is 619 g/mol. The summed E-state index contributed by atoms with van der Waals surface area (Å²) in [5, 5.41) is 3.17. The molecule has 10 heteroatoms. The van der Waals surface area contributed by atoms with Crippen LogP contribution in [0, 0.1) is 6.92 Å². The Kier molecular flexibility index (Phi) is 10.4. The number of carbonyl (C=O) groups excluding carboxylic acids is 2. The Labute approximate surface area is 238 Å². The zero-order valence-corrected chi connectivity index (χ0v) is 24.7. The maximum atomic E-state index is 13.9. The van der Waals surface area contributed by atoms with E-state index in [0.29, 0.717) is 22.8 Å². The molecule has 1 N–H and O–H groups in total. The van der Waals surface area contributed by atoms with E-state index >= 15 is 0 Å². The maximum Gasteiger partial charge on any atom is 0.264 e. The number of halogens is 2. The summed E-state index contributed by atoms with van der Waals surface area (Å²) in [6.07, 6.45) is 0.745. The van der Waals surface area contributed by atoms with E-state index in [1.54, 1.807) is 44.2 Å². The molecule has 38 heavy (non-hydrogen) atoms. The largest absolute Gasteiger partial charge is 0.354 e. The Balaban J connectivity index is 2.05. The second kappa shape index (κ2) is 13.3. The Bertz CT molecular complexity index is 1390. The number of aryl methyl sites for hydroxylation is 1. The van der Waals surface area contributed by atoms with Crippen molar-refractivity contribution < 1.29 is 18.0 Å². The van der Waals surface area contributed by atoms with Gasteiger partial charge in [0.2, 0.25) is 11.8 Å². The molecular formula is C28H31BrClN3O4S. The van der Waals surface area contributed by atoms with E-state index in [1.807, 2.05) is 31.2 Å². The van der Waals surface area contributed by atoms with Crippen LogP contribution in [0.5, 0.6) is 0 Å². The Morgan fingerprint density at radius 1 is 1.03 bits per heavy atom. The van der Waals surface area contributed by atoms with E-state index in [9.17, 15) is 18.0 Å². The van der Waals surface area contributed by atoms with Gasteiger partial charge < -0.3 is 10.2 Å². The van der Waals surface area contributed by atoms with Crippen molar-refractivity contribution in [1.29, 1.82) is 0 Å². The number of rotatable bonds is 11. The molecule has 7 nitrogen and oxygen atoms in total. The lowest BCUT2D eigenvalue weighted by molar-refractivity contribution is -0.139. The highest BCUT2D eigenvalue weighted by molar-refractivity contribution is 9.10. The summed E-state index contributed by atoms with van der Waals surface area (Å²) < 4.78 is 29.6. The van der Waals surface area contributed by atoms with Gasteiger partial charge in [-0.2, -0.15) is 0 Å². The van der Waals surface area contributed by atoms with Crippen molar-refractivity contribution in [3.8, 4) is 0 Å². The molecular weight excluding hydrogens is 590 g/mol. The number of amides is 2. The Morgan fingerprint density at radius 2 is 1.74 bits per heavy atom. The molecule has 202 valence electrons. The lowest BCUT2D eigenvalue weighted by atomic mass is 10.1. The molecule has 0 aliphatic carbocycles. The van der Waals surface area contributed by atoms with E-state index in [0.717, 1.165) is 20.8 Å². The fourth-order valence-electron chi connectivity index (χ4n) is 3.89. The summed E-state index contributed by atoms with van der Waals surface area (Å²) in [6, 6.07) is 19.4. The van der Waals surface area contributed by atoms with Crippen molar-refractivity contribution in [3.63, 3.8) is 0 Å². The summed E-state index contributed by atoms with van der Waals surface area (Å²) in [5.74, 6) is -0.838. The van der Waals surface area contributed by atoms with Crippen molar-refractivity contribution >= 4 is 55.1 Å². The molecule has 3 aromatic rings. The van der Waals surface area contributed by atoms with Crippen LogP contribution in [0.3, 0.4) is 0 Å². The first-order valence-corrected chi connectivity index (χ1v) is 14.8. The molecule has 0 saturated heterocycles. The fraction of sp³-hybridized carbons (Fsp3) is 0.286. The van der Waals surface area contributed by atoms with Crippen molar-refractivity contribution in [3.05, 3.63) is 93.4 Å². The minimum absolute atomic E-state index is 0.0412. The van der Waals surface area contributed by atoms with Crippen LogP contribution < -0.4 is 9.62 Å². The number of hydrogen-bond acceptors (Lipinski definition) is 4. The van der Waals surface area contributed by atoms with Crippen LogP contribution in [-0.4, -0.2) is 44.3 Å². The summed E-state index contributed by atoms with van der Waals surface area (Å²) in [7, 11) is -4.14. The standard InChI is InChI=1S/C28H31BrClN3O4S/c1-4-15-31-28(35)21(3)32(18-22-9-8-10-23(29)16-22)27(34)19-33(26-17-24(30)14-13-20(26)2)38(36,37)25-11-6-5-7-12-25/h5-14,16-17,21H,4,15,18-19H2,1-3H3,(H,31,35)/t21-/m0/s1. The van der Waals surface area contributed by atoms with Crippen LogP contribution in [-0.2, 0) is 26.2 Å². The first-order valence-electron chi connectivity index (χ1n) is 12.2. The van der Waals surface area contributed by atoms with Gasteiger partial charge in [0.25, 0.3) is 10.0 Å². The second-order valence-corrected chi connectivity index (χ2v) is 12.1. The Morgan fingerprint density at radius 3 is 2.39 bits per heavy atom. The topological polar surface area (TPSA) is 86.8 Å². The Hall–Kier alpha value is -2.88. The third-order valence-corrected chi connectivity index (χ3v) is 8.51. The van der Waals surface area contributed by atoms with Crippen LogP contribution in [0.2, 0.25) is 5.02 Å². The van der Waals surface area contributed by atoms with Gasteiger partial charge in [-0.05, 0) is 67.8 Å². The van der Waals surface area contributed by atoms with Gasteiger partial charge in [0, 0.05) is 22.6 Å². The van der Waals surface area contributed by atoms with Crippen LogP contribution in [0.25, 0.3) is 0 Å². The lowest BCUT2D eigenvalue weighted by Gasteiger charge is -2.32. The molecule has 0 bridgehead atoms. The molecule has 3 aromatic carbocycles. The SMILES string of the molecule is CCCNC(=O)[C@H](C)N(Cc1cccc(Br)c1)C(=O)CN(c1cc(Cl)ccc1C)S(=O)(=O)c1ccccc1. The minimum atomic E-state index is -4.14. The van der Waals surface area contributed by atoms with Crippen LogP contribution in [0.15, 0.2) is 82.2 Å². The number of benzene rings is 3. The number of anilines is 1. The third kappa shape index (κ3) is 7.36. The lowest BCUT2D eigenvalue weighted by Crippen LogP contribution is -2.51. The van der Waals surface area contributed by atoms with E-state index in [1.165, 1.54) is 23.1 Å². The zero-order chi connectivity index (χ0) is 27.9. The van der Waals surface area contributed by atoms with Crippen LogP contribution in [0.1, 0.15) is 31.4 Å². The van der Waals surface area contributed by atoms with Gasteiger partial charge in [-0.1, -0.05) is 70.9 Å². The van der Waals surface area contributed by atoms with Gasteiger partial charge in [-0.3, -0.25) is 13.9 Å². The highest BCUT2D eigenvalue weighted by Crippen LogP contribution is 2.30. The number of carbonyl (C=O) groups is 2. The quantitative estimate of drug-likeness (QED) is 0.305. The average Bonchev–Trinajstić information content (AvgIpc) is 2.90. The fourth-order valence-corrected chi connectivity index (χ4v) is 6.00. The summed E-state index contributed by atoms with van der Waals surface area (Å²) in [5.41, 5.74) is 1.72. The zero-order valence-electron chi connectivity index (χ0n) is 21.5. The highest BCUT2D eigenvalue weighted by Gasteiger charge is 2.33. The molecule has 1 atom stereocenters. The summed E-state index contributed by atoms with van der Waals surface area (Å²) >= 11 is 9.69. The van der Waals surface area contributed by atoms with E-state index < -0.39 is 28.5 Å². The number of sulfonamides is 1. The summed E-state index contributed by atoms with van der Waals surface area (Å²) in [6.45, 7) is 5.41. The van der Waals surface area contributed by atoms with Crippen molar-refractivity contribution in [2.45, 2.75) is 44.7 Å². The van der Waals surface area contributed by atoms with Crippen molar-refractivity contribution in [1.82, 2.24) is 10.2 Å². The van der Waals surface area contributed by atoms with Gasteiger partial charge in [0.1, 0.15) is 12.6 Å². The van der Waals surface area contributed by atoms with Crippen molar-refractivity contribution in [2.75, 3.05) is 17.4 Å². The van der Waals surface area contributed by atoms with Crippen LogP contribution >= 0.6 is 27.5 Å². The molecule has 0 aliphatic rings. The molecule has 0 aliphatic heterocycles. The molecule has 0 saturated carbocycles. The smallest absolute Gasteiger partial charge is 0.264 e. The first kappa shape index (κ1) is 29.7. The number of nitrogens with zero attached hydrogens (tertiary/aromatic N) is 2. The van der Waals surface area contributed by atoms with Crippen molar-refractivity contribution in [2.24, 2.45) is 0 Å². The third-order valence-electron chi connectivity index (χ3n) is 6.01. The number of nitrogens with one attached hydrogen (secondary N) is 1. The van der Waals surface area contributed by atoms with E-state index in [4.69, 9.17) is 11.6 Å². The molecule has 0 fully saturated rings. The predicted octanol–water partition coefficient (Wildman–Crippen LogP) is 5.55. The predicted molar refractivity (Wildman–Crippen MR) is 155 cm³/mol. The molecule has 2 amide bonds. The molecule has 0 aromatic heterocycles. The first-order chi connectivity index (χ1) is 18.0. The van der Waals surface area contributed by atoms with Gasteiger partial charge in [-0.25, -0.2) is 8.42 Å². The number of hydrogen-bond donors (Lipinski definition) is 1. The molecule has 0 unspecified atom stereocenters. The molecule has 0 radical (unpaired) electrons. The van der Waals surface area contributed by atoms with Gasteiger partial charge in [-0.15, -0.1) is 0 Å². The summed E-state index contributed by atoms with van der Waals surface area (Å²) in [4.78, 5) is 28.3. The van der Waals surface area contributed by atoms with E-state index in [2.05, 4.69) is 21.2 Å². The van der Waals surface area contributed by atoms with Crippen LogP contribution in [0.4, 0.5) is 5.69 Å². The van der Waals surface area contributed by atoms with Gasteiger partial charge >= 0.3 is 0 Å². The average molecular weight is 621 g/mol. The highest BCUT2D eigenvalue weighted by atomic mass is 79.9. The molecule has 0 spiro atoms. The normalized spacial score (nSPS) is 12.0. The van der Waals surface area contributed by atoms with Gasteiger partial charge in [0.05, 0.1) is 10.6 Å². The maximum absolute atomic E-state index is 13.9. The molecule has 0 heterocycles. The second-order valence-electron chi connectivity index (χ2n) is 8.87. The minimum Gasteiger partial charge on any atom is -0.354 e. The van der Waals surface area contributed by atoms with Gasteiger partial charge in [0.15, 0.2) is 0 Å².